The van der Waals surface area contributed by atoms with Crippen LogP contribution in [-0.2, 0) is 0 Å². The molecule has 0 fully saturated rings. The van der Waals surface area contributed by atoms with Crippen molar-refractivity contribution >= 4 is 33.9 Å². The zero-order chi connectivity index (χ0) is 15.1. The lowest BCUT2D eigenvalue weighted by Crippen LogP contribution is -1.94. The minimum absolute atomic E-state index is 0.285. The fraction of sp³-hybridized carbons (Fsp3) is 0.467. The quantitative estimate of drug-likeness (QED) is 0.564. The van der Waals surface area contributed by atoms with Gasteiger partial charge in [-0.1, -0.05) is 41.7 Å². The predicted octanol–water partition coefficient (Wildman–Crippen LogP) is 4.15. The summed E-state index contributed by atoms with van der Waals surface area (Å²) in [7, 11) is 0. The van der Waals surface area contributed by atoms with Gasteiger partial charge >= 0.3 is 0 Å². The van der Waals surface area contributed by atoms with Crippen molar-refractivity contribution in [1.82, 2.24) is 10.2 Å². The van der Waals surface area contributed by atoms with Crippen molar-refractivity contribution in [3.63, 3.8) is 0 Å². The fourth-order valence-electron chi connectivity index (χ4n) is 1.87. The molecule has 1 aromatic carbocycles. The first-order chi connectivity index (χ1) is 10.2. The molecule has 0 atom stereocenters. The van der Waals surface area contributed by atoms with Crippen molar-refractivity contribution in [2.45, 2.75) is 37.4 Å². The summed E-state index contributed by atoms with van der Waals surface area (Å²) in [6.07, 6.45) is 3.05. The first kappa shape index (κ1) is 16.3. The van der Waals surface area contributed by atoms with Crippen LogP contribution in [0.2, 0.25) is 0 Å². The van der Waals surface area contributed by atoms with Crippen LogP contribution in [0.5, 0.6) is 0 Å². The highest BCUT2D eigenvalue weighted by atomic mass is 32.2. The number of aliphatic hydroxyl groups excluding tert-OH is 1. The predicted molar refractivity (Wildman–Crippen MR) is 90.8 cm³/mol. The van der Waals surface area contributed by atoms with Gasteiger partial charge in [0.1, 0.15) is 0 Å². The molecule has 0 unspecified atom stereocenters. The molecule has 0 aliphatic heterocycles. The molecular formula is C15H21N3OS2. The van der Waals surface area contributed by atoms with Gasteiger partial charge in [-0.25, -0.2) is 0 Å². The lowest BCUT2D eigenvalue weighted by atomic mass is 10.1. The van der Waals surface area contributed by atoms with Crippen LogP contribution in [0.4, 0.5) is 10.8 Å². The Hall–Kier alpha value is -1.11. The summed E-state index contributed by atoms with van der Waals surface area (Å²) in [5, 5.41) is 21.3. The fourth-order valence-corrected chi connectivity index (χ4v) is 3.70. The van der Waals surface area contributed by atoms with Crippen LogP contribution in [0.3, 0.4) is 0 Å². The number of nitrogens with zero attached hydrogens (tertiary/aromatic N) is 2. The highest BCUT2D eigenvalue weighted by molar-refractivity contribution is 8.01. The van der Waals surface area contributed by atoms with E-state index in [-0.39, 0.29) is 6.61 Å². The molecule has 114 valence electrons. The largest absolute Gasteiger partial charge is 0.396 e. The lowest BCUT2D eigenvalue weighted by Gasteiger charge is -2.08. The van der Waals surface area contributed by atoms with Crippen LogP contribution in [0.15, 0.2) is 22.5 Å². The number of thioether (sulfide) groups is 1. The number of rotatable bonds is 8. The molecule has 1 aromatic heterocycles. The molecule has 2 N–H and O–H groups in total. The first-order valence-electron chi connectivity index (χ1n) is 7.11. The number of benzene rings is 1. The average Bonchev–Trinajstić information content (AvgIpc) is 2.91. The highest BCUT2D eigenvalue weighted by Crippen LogP contribution is 2.29. The van der Waals surface area contributed by atoms with E-state index in [1.54, 1.807) is 23.1 Å². The van der Waals surface area contributed by atoms with E-state index < -0.39 is 0 Å². The highest BCUT2D eigenvalue weighted by Gasteiger charge is 2.07. The zero-order valence-corrected chi connectivity index (χ0v) is 14.1. The van der Waals surface area contributed by atoms with E-state index in [2.05, 4.69) is 41.5 Å². The third kappa shape index (κ3) is 4.98. The number of aryl methyl sites for hydroxylation is 1. The Morgan fingerprint density at radius 2 is 2.05 bits per heavy atom. The van der Waals surface area contributed by atoms with E-state index in [1.807, 2.05) is 6.07 Å². The second-order valence-corrected chi connectivity index (χ2v) is 7.20. The zero-order valence-electron chi connectivity index (χ0n) is 12.4. The second kappa shape index (κ2) is 8.36. The molecule has 2 aromatic rings. The number of aromatic nitrogens is 2. The van der Waals surface area contributed by atoms with Crippen molar-refractivity contribution in [1.29, 1.82) is 0 Å². The third-order valence-electron chi connectivity index (χ3n) is 3.28. The van der Waals surface area contributed by atoms with Gasteiger partial charge < -0.3 is 10.4 Å². The van der Waals surface area contributed by atoms with E-state index in [1.165, 1.54) is 11.1 Å². The number of hydrogen-bond acceptors (Lipinski definition) is 6. The molecule has 21 heavy (non-hydrogen) atoms. The Morgan fingerprint density at radius 1 is 1.19 bits per heavy atom. The molecule has 0 saturated heterocycles. The van der Waals surface area contributed by atoms with E-state index in [9.17, 15) is 0 Å². The standard InChI is InChI=1S/C15H21N3OS2/c1-11-7-6-8-13(12(11)2)16-14-17-18-15(21-14)20-10-5-3-4-9-19/h6-8,19H,3-5,9-10H2,1-2H3,(H,16,17). The number of nitrogens with one attached hydrogen (secondary N) is 1. The van der Waals surface area contributed by atoms with Crippen molar-refractivity contribution < 1.29 is 5.11 Å². The summed E-state index contributed by atoms with van der Waals surface area (Å²) >= 11 is 3.32. The smallest absolute Gasteiger partial charge is 0.210 e. The van der Waals surface area contributed by atoms with Crippen LogP contribution >= 0.6 is 23.1 Å². The summed E-state index contributed by atoms with van der Waals surface area (Å²) in [5.41, 5.74) is 3.60. The summed E-state index contributed by atoms with van der Waals surface area (Å²) in [4.78, 5) is 0. The molecule has 0 aliphatic carbocycles. The number of unbranched alkanes of at least 4 members (excludes halogenated alkanes) is 2. The molecular weight excluding hydrogens is 302 g/mol. The average molecular weight is 323 g/mol. The van der Waals surface area contributed by atoms with Crippen molar-refractivity contribution in [3.05, 3.63) is 29.3 Å². The van der Waals surface area contributed by atoms with Crippen molar-refractivity contribution in [2.75, 3.05) is 17.7 Å². The van der Waals surface area contributed by atoms with Gasteiger partial charge in [-0.2, -0.15) is 0 Å². The maximum atomic E-state index is 8.73. The number of hydrogen-bond donors (Lipinski definition) is 2. The van der Waals surface area contributed by atoms with E-state index >= 15 is 0 Å². The molecule has 0 saturated carbocycles. The van der Waals surface area contributed by atoms with Crippen molar-refractivity contribution in [2.24, 2.45) is 0 Å². The van der Waals surface area contributed by atoms with Crippen LogP contribution in [0.25, 0.3) is 0 Å². The minimum Gasteiger partial charge on any atom is -0.396 e. The second-order valence-electron chi connectivity index (χ2n) is 4.88. The number of anilines is 2. The van der Waals surface area contributed by atoms with Crippen LogP contribution in [-0.4, -0.2) is 27.7 Å². The van der Waals surface area contributed by atoms with Gasteiger partial charge in [-0.05, 0) is 43.9 Å². The van der Waals surface area contributed by atoms with Crippen molar-refractivity contribution in [3.8, 4) is 0 Å². The summed E-state index contributed by atoms with van der Waals surface area (Å²) in [6.45, 7) is 4.50. The molecule has 0 bridgehead atoms. The number of aliphatic hydroxyl groups is 1. The Morgan fingerprint density at radius 3 is 2.86 bits per heavy atom. The topological polar surface area (TPSA) is 58.0 Å². The van der Waals surface area contributed by atoms with E-state index in [4.69, 9.17) is 5.11 Å². The van der Waals surface area contributed by atoms with Crippen LogP contribution in [0.1, 0.15) is 30.4 Å². The Labute approximate surface area is 134 Å². The Kier molecular flexibility index (Phi) is 6.48. The van der Waals surface area contributed by atoms with Gasteiger partial charge in [-0.15, -0.1) is 10.2 Å². The maximum Gasteiger partial charge on any atom is 0.210 e. The van der Waals surface area contributed by atoms with Crippen LogP contribution < -0.4 is 5.32 Å². The Balaban J connectivity index is 1.87. The molecule has 0 aliphatic rings. The molecule has 0 radical (unpaired) electrons. The van der Waals surface area contributed by atoms with Gasteiger partial charge in [0.05, 0.1) is 0 Å². The maximum absolute atomic E-state index is 8.73. The summed E-state index contributed by atoms with van der Waals surface area (Å²) in [6, 6.07) is 6.21. The normalized spacial score (nSPS) is 10.8. The van der Waals surface area contributed by atoms with Gasteiger partial charge in [0.25, 0.3) is 0 Å². The van der Waals surface area contributed by atoms with Gasteiger partial charge in [-0.3, -0.25) is 0 Å². The molecule has 0 spiro atoms. The molecule has 1 heterocycles. The van der Waals surface area contributed by atoms with Gasteiger partial charge in [0.2, 0.25) is 5.13 Å². The Bertz CT molecular complexity index is 572. The SMILES string of the molecule is Cc1cccc(Nc2nnc(SCCCCCO)s2)c1C. The lowest BCUT2D eigenvalue weighted by molar-refractivity contribution is 0.284. The van der Waals surface area contributed by atoms with Crippen LogP contribution in [0, 0.1) is 13.8 Å². The van der Waals surface area contributed by atoms with Gasteiger partial charge in [0.15, 0.2) is 4.34 Å². The first-order valence-corrected chi connectivity index (χ1v) is 8.91. The molecule has 2 rings (SSSR count). The van der Waals surface area contributed by atoms with E-state index in [0.717, 1.165) is 40.2 Å². The molecule has 0 amide bonds. The summed E-state index contributed by atoms with van der Waals surface area (Å²) in [5.74, 6) is 1.03. The molecule has 4 nitrogen and oxygen atoms in total. The monoisotopic (exact) mass is 323 g/mol. The van der Waals surface area contributed by atoms with Gasteiger partial charge in [0, 0.05) is 18.0 Å². The molecule has 6 heteroatoms. The minimum atomic E-state index is 0.285. The summed E-state index contributed by atoms with van der Waals surface area (Å²) < 4.78 is 0.992. The van der Waals surface area contributed by atoms with E-state index in [0.29, 0.717) is 0 Å². The third-order valence-corrected chi connectivity index (χ3v) is 5.34.